The van der Waals surface area contributed by atoms with E-state index in [0.717, 1.165) is 10.0 Å². The van der Waals surface area contributed by atoms with E-state index >= 15 is 0 Å². The summed E-state index contributed by atoms with van der Waals surface area (Å²) in [5.74, 6) is 0. The van der Waals surface area contributed by atoms with Crippen molar-refractivity contribution >= 4 is 34.0 Å². The number of ether oxygens (including phenoxy) is 1. The van der Waals surface area contributed by atoms with Crippen LogP contribution in [-0.4, -0.2) is 6.47 Å². The van der Waals surface area contributed by atoms with Gasteiger partial charge in [-0.2, -0.15) is 0 Å². The van der Waals surface area contributed by atoms with E-state index in [-0.39, 0.29) is 6.61 Å². The second-order valence-corrected chi connectivity index (χ2v) is 3.35. The van der Waals surface area contributed by atoms with E-state index in [1.165, 1.54) is 0 Å². The Labute approximate surface area is 83.6 Å². The zero-order valence-electron chi connectivity index (χ0n) is 6.09. The molecule has 0 aliphatic heterocycles. The SMILES string of the molecule is O=COCc1cccc(Br)c1Cl. The predicted octanol–water partition coefficient (Wildman–Crippen LogP) is 2.78. The molecule has 1 aromatic rings. The molecular weight excluding hydrogens is 243 g/mol. The monoisotopic (exact) mass is 248 g/mol. The molecule has 64 valence electrons. The Balaban J connectivity index is 2.84. The van der Waals surface area contributed by atoms with Crippen LogP contribution >= 0.6 is 27.5 Å². The molecule has 1 aromatic carbocycles. The fourth-order valence-electron chi connectivity index (χ4n) is 0.784. The van der Waals surface area contributed by atoms with Crippen LogP contribution in [0.15, 0.2) is 22.7 Å². The molecule has 12 heavy (non-hydrogen) atoms. The zero-order chi connectivity index (χ0) is 8.97. The van der Waals surface area contributed by atoms with Gasteiger partial charge in [-0.3, -0.25) is 4.79 Å². The lowest BCUT2D eigenvalue weighted by atomic mass is 10.2. The number of rotatable bonds is 3. The van der Waals surface area contributed by atoms with E-state index in [1.54, 1.807) is 6.07 Å². The van der Waals surface area contributed by atoms with E-state index in [4.69, 9.17) is 11.6 Å². The summed E-state index contributed by atoms with van der Waals surface area (Å²) in [5.41, 5.74) is 0.790. The summed E-state index contributed by atoms with van der Waals surface area (Å²) >= 11 is 9.15. The Morgan fingerprint density at radius 1 is 1.58 bits per heavy atom. The van der Waals surface area contributed by atoms with Gasteiger partial charge in [0.2, 0.25) is 0 Å². The van der Waals surface area contributed by atoms with Crippen LogP contribution in [-0.2, 0) is 16.1 Å². The molecule has 2 nitrogen and oxygen atoms in total. The molecule has 0 aromatic heterocycles. The van der Waals surface area contributed by atoms with Gasteiger partial charge in [0.25, 0.3) is 6.47 Å². The molecule has 0 fully saturated rings. The Morgan fingerprint density at radius 3 is 3.00 bits per heavy atom. The molecule has 0 saturated heterocycles. The summed E-state index contributed by atoms with van der Waals surface area (Å²) in [7, 11) is 0. The van der Waals surface area contributed by atoms with Crippen molar-refractivity contribution < 1.29 is 9.53 Å². The van der Waals surface area contributed by atoms with Gasteiger partial charge in [0.05, 0.1) is 5.02 Å². The first-order chi connectivity index (χ1) is 5.75. The minimum Gasteiger partial charge on any atom is -0.463 e. The van der Waals surface area contributed by atoms with E-state index in [2.05, 4.69) is 20.7 Å². The number of carbonyl (C=O) groups excluding carboxylic acids is 1. The summed E-state index contributed by atoms with van der Waals surface area (Å²) in [6, 6.07) is 5.46. The second kappa shape index (κ2) is 4.48. The fourth-order valence-corrected chi connectivity index (χ4v) is 1.37. The van der Waals surface area contributed by atoms with Gasteiger partial charge in [0, 0.05) is 10.0 Å². The Morgan fingerprint density at radius 2 is 2.33 bits per heavy atom. The van der Waals surface area contributed by atoms with E-state index in [9.17, 15) is 4.79 Å². The summed E-state index contributed by atoms with van der Waals surface area (Å²) < 4.78 is 5.37. The van der Waals surface area contributed by atoms with Gasteiger partial charge < -0.3 is 4.74 Å². The van der Waals surface area contributed by atoms with Crippen molar-refractivity contribution in [2.24, 2.45) is 0 Å². The fraction of sp³-hybridized carbons (Fsp3) is 0.125. The molecule has 0 radical (unpaired) electrons. The first-order valence-electron chi connectivity index (χ1n) is 3.24. The second-order valence-electron chi connectivity index (χ2n) is 2.12. The maximum absolute atomic E-state index is 9.90. The molecule has 0 saturated carbocycles. The number of carbonyl (C=O) groups is 1. The van der Waals surface area contributed by atoms with Crippen LogP contribution in [0.1, 0.15) is 5.56 Å². The Bertz CT molecular complexity index is 288. The van der Waals surface area contributed by atoms with Gasteiger partial charge in [-0.15, -0.1) is 0 Å². The summed E-state index contributed by atoms with van der Waals surface area (Å²) in [4.78, 5) is 9.90. The third-order valence-corrected chi connectivity index (χ3v) is 2.67. The highest BCUT2D eigenvalue weighted by molar-refractivity contribution is 9.10. The first-order valence-corrected chi connectivity index (χ1v) is 4.41. The molecule has 0 spiro atoms. The summed E-state index contributed by atoms with van der Waals surface area (Å²) in [5, 5.41) is 0.583. The van der Waals surface area contributed by atoms with E-state index < -0.39 is 0 Å². The summed E-state index contributed by atoms with van der Waals surface area (Å²) in [6.45, 7) is 0.610. The minimum absolute atomic E-state index is 0.210. The van der Waals surface area contributed by atoms with Crippen LogP contribution in [0, 0.1) is 0 Å². The average Bonchev–Trinajstić information content (AvgIpc) is 2.08. The highest BCUT2D eigenvalue weighted by Crippen LogP contribution is 2.26. The van der Waals surface area contributed by atoms with Crippen LogP contribution in [0.3, 0.4) is 0 Å². The lowest BCUT2D eigenvalue weighted by Gasteiger charge is -2.03. The van der Waals surface area contributed by atoms with Crippen molar-refractivity contribution in [3.05, 3.63) is 33.3 Å². The molecule has 0 unspecified atom stereocenters. The van der Waals surface area contributed by atoms with Crippen molar-refractivity contribution in [2.45, 2.75) is 6.61 Å². The maximum Gasteiger partial charge on any atom is 0.293 e. The quantitative estimate of drug-likeness (QED) is 0.770. The smallest absolute Gasteiger partial charge is 0.293 e. The Kier molecular flexibility index (Phi) is 3.56. The standard InChI is InChI=1S/C8H6BrClO2/c9-7-3-1-2-6(8(7)10)4-12-5-11/h1-3,5H,4H2. The third kappa shape index (κ3) is 2.22. The normalized spacial score (nSPS) is 9.50. The van der Waals surface area contributed by atoms with Gasteiger partial charge in [-0.25, -0.2) is 0 Å². The highest BCUT2D eigenvalue weighted by Gasteiger charge is 2.02. The molecule has 0 aliphatic carbocycles. The molecule has 4 heteroatoms. The highest BCUT2D eigenvalue weighted by atomic mass is 79.9. The van der Waals surface area contributed by atoms with Crippen molar-refractivity contribution in [3.8, 4) is 0 Å². The topological polar surface area (TPSA) is 26.3 Å². The van der Waals surface area contributed by atoms with Crippen molar-refractivity contribution in [1.29, 1.82) is 0 Å². The third-order valence-electron chi connectivity index (χ3n) is 1.34. The van der Waals surface area contributed by atoms with Crippen LogP contribution in [0.2, 0.25) is 5.02 Å². The number of hydrogen-bond donors (Lipinski definition) is 0. The Hall–Kier alpha value is -0.540. The maximum atomic E-state index is 9.90. The number of halogens is 2. The number of hydrogen-bond acceptors (Lipinski definition) is 2. The average molecular weight is 249 g/mol. The molecule has 0 bridgehead atoms. The predicted molar refractivity (Wildman–Crippen MR) is 50.0 cm³/mol. The minimum atomic E-state index is 0.210. The van der Waals surface area contributed by atoms with E-state index in [0.29, 0.717) is 11.5 Å². The van der Waals surface area contributed by atoms with Crippen LogP contribution < -0.4 is 0 Å². The van der Waals surface area contributed by atoms with Gasteiger partial charge in [0.1, 0.15) is 6.61 Å². The molecule has 1 rings (SSSR count). The molecule has 0 aliphatic rings. The van der Waals surface area contributed by atoms with Crippen LogP contribution in [0.4, 0.5) is 0 Å². The largest absolute Gasteiger partial charge is 0.463 e. The molecule has 0 N–H and O–H groups in total. The lowest BCUT2D eigenvalue weighted by molar-refractivity contribution is -0.129. The van der Waals surface area contributed by atoms with Crippen molar-refractivity contribution in [1.82, 2.24) is 0 Å². The molecule has 0 amide bonds. The van der Waals surface area contributed by atoms with E-state index in [1.807, 2.05) is 12.1 Å². The van der Waals surface area contributed by atoms with Gasteiger partial charge in [-0.1, -0.05) is 23.7 Å². The molecule has 0 heterocycles. The van der Waals surface area contributed by atoms with Gasteiger partial charge in [0.15, 0.2) is 0 Å². The zero-order valence-corrected chi connectivity index (χ0v) is 8.43. The van der Waals surface area contributed by atoms with Gasteiger partial charge in [-0.05, 0) is 22.0 Å². The van der Waals surface area contributed by atoms with Gasteiger partial charge >= 0.3 is 0 Å². The molecular formula is C8H6BrClO2. The van der Waals surface area contributed by atoms with Crippen LogP contribution in [0.5, 0.6) is 0 Å². The first kappa shape index (κ1) is 9.55. The lowest BCUT2D eigenvalue weighted by Crippen LogP contribution is -1.91. The summed E-state index contributed by atoms with van der Waals surface area (Å²) in [6.07, 6.45) is 0. The molecule has 0 atom stereocenters. The van der Waals surface area contributed by atoms with Crippen LogP contribution in [0.25, 0.3) is 0 Å². The number of benzene rings is 1. The van der Waals surface area contributed by atoms with Crippen molar-refractivity contribution in [2.75, 3.05) is 0 Å². The van der Waals surface area contributed by atoms with Crippen molar-refractivity contribution in [3.63, 3.8) is 0 Å².